The number of primary amides is 1. The molecule has 0 saturated carbocycles. The molecule has 0 aliphatic heterocycles. The molecule has 0 fully saturated rings. The van der Waals surface area contributed by atoms with Crippen LogP contribution in [0.4, 0.5) is 17.1 Å². The molecule has 2 aromatic carbocycles. The Balaban J connectivity index is 2.24. The van der Waals surface area contributed by atoms with Crippen molar-refractivity contribution in [2.75, 3.05) is 36.7 Å². The van der Waals surface area contributed by atoms with Crippen LogP contribution in [0, 0.1) is 0 Å². The van der Waals surface area contributed by atoms with Crippen molar-refractivity contribution in [1.29, 1.82) is 0 Å². The number of anilines is 3. The van der Waals surface area contributed by atoms with E-state index in [9.17, 15) is 14.4 Å². The van der Waals surface area contributed by atoms with Crippen LogP contribution in [0.25, 0.3) is 0 Å². The van der Waals surface area contributed by atoms with Crippen molar-refractivity contribution in [3.05, 3.63) is 64.7 Å². The van der Waals surface area contributed by atoms with Gasteiger partial charge < -0.3 is 26.4 Å². The second-order valence-corrected chi connectivity index (χ2v) is 10.4. The van der Waals surface area contributed by atoms with Crippen molar-refractivity contribution < 1.29 is 19.1 Å². The van der Waals surface area contributed by atoms with Crippen molar-refractivity contribution in [3.63, 3.8) is 0 Å². The Morgan fingerprint density at radius 2 is 1.63 bits per heavy atom. The predicted octanol–water partition coefficient (Wildman–Crippen LogP) is 3.59. The van der Waals surface area contributed by atoms with E-state index in [0.717, 1.165) is 17.2 Å². The fraction of sp³-hybridized carbons (Fsp3) is 0.333. The van der Waals surface area contributed by atoms with E-state index in [0.29, 0.717) is 23.4 Å². The minimum absolute atomic E-state index is 0.00656. The van der Waals surface area contributed by atoms with Gasteiger partial charge in [0.15, 0.2) is 5.69 Å². The number of benzene rings is 2. The molecule has 0 unspecified atom stereocenters. The summed E-state index contributed by atoms with van der Waals surface area (Å²) >= 11 is 0.761. The lowest BCUT2D eigenvalue weighted by Gasteiger charge is -2.34. The number of nitrogen functional groups attached to an aromatic ring is 1. The fourth-order valence-corrected chi connectivity index (χ4v) is 4.47. The molecule has 11 heteroatoms. The van der Waals surface area contributed by atoms with Gasteiger partial charge in [0.05, 0.1) is 12.8 Å². The first-order valence-corrected chi connectivity index (χ1v) is 12.8. The van der Waals surface area contributed by atoms with Crippen LogP contribution in [0.15, 0.2) is 48.5 Å². The van der Waals surface area contributed by atoms with Crippen molar-refractivity contribution in [1.82, 2.24) is 9.69 Å². The highest BCUT2D eigenvalue weighted by molar-refractivity contribution is 7.09. The molecule has 0 saturated heterocycles. The topological polar surface area (TPSA) is 144 Å². The number of carbonyl (C=O) groups excluding carboxylic acids is 3. The van der Waals surface area contributed by atoms with Gasteiger partial charge in [-0.25, -0.2) is 0 Å². The highest BCUT2D eigenvalue weighted by Gasteiger charge is 2.37. The van der Waals surface area contributed by atoms with Gasteiger partial charge in [0, 0.05) is 31.0 Å². The van der Waals surface area contributed by atoms with E-state index in [1.165, 1.54) is 12.0 Å². The van der Waals surface area contributed by atoms with Crippen LogP contribution in [0.1, 0.15) is 59.0 Å². The van der Waals surface area contributed by atoms with Crippen LogP contribution < -0.4 is 31.3 Å². The summed E-state index contributed by atoms with van der Waals surface area (Å²) in [5.41, 5.74) is 12.6. The van der Waals surface area contributed by atoms with Crippen LogP contribution in [-0.2, 0) is 4.79 Å². The highest BCUT2D eigenvalue weighted by atomic mass is 32.1. The largest absolute Gasteiger partial charge is 0.497 e. The van der Waals surface area contributed by atoms with Crippen molar-refractivity contribution >= 4 is 46.3 Å². The van der Waals surface area contributed by atoms with Crippen LogP contribution in [0.5, 0.6) is 5.75 Å². The normalized spacial score (nSPS) is 11.9. The summed E-state index contributed by atoms with van der Waals surface area (Å²) in [4.78, 5) is 43.2. The Bertz CT molecular complexity index is 1300. The van der Waals surface area contributed by atoms with Crippen molar-refractivity contribution in [2.24, 2.45) is 5.73 Å². The summed E-state index contributed by atoms with van der Waals surface area (Å²) in [6.07, 6.45) is 0.672. The first-order chi connectivity index (χ1) is 17.9. The zero-order valence-corrected chi connectivity index (χ0v) is 23.3. The quantitative estimate of drug-likeness (QED) is 0.358. The van der Waals surface area contributed by atoms with E-state index >= 15 is 0 Å². The molecule has 3 amide bonds. The van der Waals surface area contributed by atoms with E-state index in [1.807, 2.05) is 64.0 Å². The number of methoxy groups -OCH3 is 1. The molecule has 0 aliphatic rings. The number of hydrogen-bond acceptors (Lipinski definition) is 8. The molecule has 1 heterocycles. The van der Waals surface area contributed by atoms with Crippen molar-refractivity contribution in [3.8, 4) is 5.75 Å². The lowest BCUT2D eigenvalue weighted by atomic mass is 9.97. The van der Waals surface area contributed by atoms with Gasteiger partial charge in [-0.3, -0.25) is 19.3 Å². The lowest BCUT2D eigenvalue weighted by Crippen LogP contribution is -2.50. The number of nitrogens with one attached hydrogen (secondary N) is 1. The summed E-state index contributed by atoms with van der Waals surface area (Å²) in [5.74, 6) is -1.23. The standard InChI is InChI=1S/C27H34N6O4S/c1-7-27(2,3)30-25(35)22(16-8-10-17(11-9-16)32(4)5)33(18-12-14-19(37-6)15-13-18)26(36)23-20(28)21(24(29)34)31-38-23/h8-15,22H,7,28H2,1-6H3,(H2,29,34)(H,30,35)/t22-/m1/s1. The molecule has 0 radical (unpaired) electrons. The van der Waals surface area contributed by atoms with E-state index in [1.54, 1.807) is 24.3 Å². The molecule has 38 heavy (non-hydrogen) atoms. The lowest BCUT2D eigenvalue weighted by molar-refractivity contribution is -0.124. The maximum atomic E-state index is 14.1. The third-order valence-electron chi connectivity index (χ3n) is 6.30. The Morgan fingerprint density at radius 1 is 1.05 bits per heavy atom. The second kappa shape index (κ2) is 11.5. The van der Waals surface area contributed by atoms with Gasteiger partial charge >= 0.3 is 0 Å². The minimum atomic E-state index is -1.07. The van der Waals surface area contributed by atoms with Gasteiger partial charge in [0.2, 0.25) is 5.91 Å². The van der Waals surface area contributed by atoms with Gasteiger partial charge in [0.1, 0.15) is 16.7 Å². The first-order valence-electron chi connectivity index (χ1n) is 12.0. The molecule has 3 aromatic rings. The first kappa shape index (κ1) is 28.5. The molecule has 0 spiro atoms. The van der Waals surface area contributed by atoms with Crippen molar-refractivity contribution in [2.45, 2.75) is 38.8 Å². The molecule has 1 atom stereocenters. The number of rotatable bonds is 10. The summed E-state index contributed by atoms with van der Waals surface area (Å²) in [5, 5.41) is 3.07. The number of ether oxygens (including phenoxy) is 1. The Hall–Kier alpha value is -4.12. The van der Waals surface area contributed by atoms with Gasteiger partial charge in [-0.05, 0) is 73.8 Å². The number of nitrogens with two attached hydrogens (primary N) is 2. The van der Waals surface area contributed by atoms with Crippen LogP contribution in [-0.4, -0.2) is 48.8 Å². The number of amides is 3. The molecule has 5 N–H and O–H groups in total. The third kappa shape index (κ3) is 6.05. The highest BCUT2D eigenvalue weighted by Crippen LogP contribution is 2.35. The molecule has 0 aliphatic carbocycles. The van der Waals surface area contributed by atoms with Gasteiger partial charge in [-0.1, -0.05) is 19.1 Å². The SMILES string of the molecule is CCC(C)(C)NC(=O)[C@@H](c1ccc(N(C)C)cc1)N(C(=O)c1snc(C(N)=O)c1N)c1ccc(OC)cc1. The van der Waals surface area contributed by atoms with E-state index < -0.39 is 23.4 Å². The monoisotopic (exact) mass is 538 g/mol. The zero-order valence-electron chi connectivity index (χ0n) is 22.4. The van der Waals surface area contributed by atoms with Gasteiger partial charge in [-0.2, -0.15) is 4.37 Å². The van der Waals surface area contributed by atoms with Gasteiger partial charge in [-0.15, -0.1) is 0 Å². The molecule has 1 aromatic heterocycles. The Kier molecular flexibility index (Phi) is 8.62. The average Bonchev–Trinajstić information content (AvgIpc) is 3.28. The molecule has 10 nitrogen and oxygen atoms in total. The zero-order chi connectivity index (χ0) is 28.2. The number of hydrogen-bond donors (Lipinski definition) is 3. The van der Waals surface area contributed by atoms with E-state index in [4.69, 9.17) is 16.2 Å². The minimum Gasteiger partial charge on any atom is -0.497 e. The average molecular weight is 539 g/mol. The summed E-state index contributed by atoms with van der Waals surface area (Å²) in [6.45, 7) is 5.80. The summed E-state index contributed by atoms with van der Waals surface area (Å²) < 4.78 is 9.27. The smallest absolute Gasteiger partial charge is 0.273 e. The molecule has 0 bridgehead atoms. The predicted molar refractivity (Wildman–Crippen MR) is 151 cm³/mol. The van der Waals surface area contributed by atoms with Crippen LogP contribution in [0.2, 0.25) is 0 Å². The number of carbonyl (C=O) groups is 3. The van der Waals surface area contributed by atoms with E-state index in [-0.39, 0.29) is 22.2 Å². The molecule has 3 rings (SSSR count). The Labute approximate surface area is 226 Å². The summed E-state index contributed by atoms with van der Waals surface area (Å²) in [7, 11) is 5.37. The van der Waals surface area contributed by atoms with Gasteiger partial charge in [0.25, 0.3) is 11.8 Å². The molecule has 202 valence electrons. The van der Waals surface area contributed by atoms with E-state index in [2.05, 4.69) is 9.69 Å². The number of nitrogens with zero attached hydrogens (tertiary/aromatic N) is 3. The third-order valence-corrected chi connectivity index (χ3v) is 7.15. The number of aromatic nitrogens is 1. The summed E-state index contributed by atoms with van der Waals surface area (Å²) in [6, 6.07) is 13.1. The fourth-order valence-electron chi connectivity index (χ4n) is 3.73. The molecular weight excluding hydrogens is 504 g/mol. The Morgan fingerprint density at radius 3 is 2.11 bits per heavy atom. The maximum Gasteiger partial charge on any atom is 0.273 e. The second-order valence-electron chi connectivity index (χ2n) is 9.63. The van der Waals surface area contributed by atoms with Crippen LogP contribution in [0.3, 0.4) is 0 Å². The maximum absolute atomic E-state index is 14.1. The molecular formula is C27H34N6O4S. The van der Waals surface area contributed by atoms with Crippen LogP contribution >= 0.6 is 11.5 Å².